The molecule has 3 aromatic rings. The molecule has 0 unspecified atom stereocenters. The molecule has 20 heavy (non-hydrogen) atoms. The summed E-state index contributed by atoms with van der Waals surface area (Å²) >= 11 is 0. The van der Waals surface area contributed by atoms with Crippen molar-refractivity contribution in [2.24, 2.45) is 5.73 Å². The molecule has 0 bridgehead atoms. The van der Waals surface area contributed by atoms with Crippen LogP contribution in [0.2, 0.25) is 0 Å². The Morgan fingerprint density at radius 1 is 1.10 bits per heavy atom. The quantitative estimate of drug-likeness (QED) is 0.792. The molecule has 100 valence electrons. The molecular weight excluding hydrogens is 253 g/mol. The highest BCUT2D eigenvalue weighted by Gasteiger charge is 2.09. The Morgan fingerprint density at radius 2 is 1.90 bits per heavy atom. The van der Waals surface area contributed by atoms with Crippen LogP contribution < -0.4 is 5.73 Å². The second kappa shape index (κ2) is 5.27. The van der Waals surface area contributed by atoms with Gasteiger partial charge in [0.05, 0.1) is 11.9 Å². The first-order valence-corrected chi connectivity index (χ1v) is 6.37. The third-order valence-corrected chi connectivity index (χ3v) is 3.18. The van der Waals surface area contributed by atoms with Crippen LogP contribution in [0.5, 0.6) is 0 Å². The fourth-order valence-corrected chi connectivity index (χ4v) is 2.10. The van der Waals surface area contributed by atoms with Gasteiger partial charge >= 0.3 is 0 Å². The van der Waals surface area contributed by atoms with E-state index in [-0.39, 0.29) is 5.82 Å². The number of hydrogen-bond acceptors (Lipinski definition) is 2. The molecule has 1 heterocycles. The molecule has 3 nitrogen and oxygen atoms in total. The Bertz CT molecular complexity index is 720. The first-order chi connectivity index (χ1) is 9.78. The molecule has 0 spiro atoms. The SMILES string of the molecule is NCc1ccc(F)c(-c2cnn(-c3ccccc3)c2)c1. The molecule has 1 aromatic heterocycles. The lowest BCUT2D eigenvalue weighted by molar-refractivity contribution is 0.630. The molecule has 0 atom stereocenters. The first-order valence-electron chi connectivity index (χ1n) is 6.37. The van der Waals surface area contributed by atoms with Crippen molar-refractivity contribution in [1.82, 2.24) is 9.78 Å². The Hall–Kier alpha value is -2.46. The topological polar surface area (TPSA) is 43.8 Å². The van der Waals surface area contributed by atoms with E-state index in [9.17, 15) is 4.39 Å². The van der Waals surface area contributed by atoms with Crippen LogP contribution in [0.25, 0.3) is 16.8 Å². The van der Waals surface area contributed by atoms with E-state index in [1.165, 1.54) is 6.07 Å². The van der Waals surface area contributed by atoms with Gasteiger partial charge in [0, 0.05) is 23.9 Å². The average Bonchev–Trinajstić information content (AvgIpc) is 2.98. The van der Waals surface area contributed by atoms with Gasteiger partial charge in [0.25, 0.3) is 0 Å². The van der Waals surface area contributed by atoms with E-state index < -0.39 is 0 Å². The van der Waals surface area contributed by atoms with Crippen LogP contribution in [0.4, 0.5) is 4.39 Å². The average molecular weight is 267 g/mol. The van der Waals surface area contributed by atoms with Crippen molar-refractivity contribution >= 4 is 0 Å². The zero-order chi connectivity index (χ0) is 13.9. The van der Waals surface area contributed by atoms with Gasteiger partial charge in [-0.2, -0.15) is 5.10 Å². The predicted octanol–water partition coefficient (Wildman–Crippen LogP) is 3.14. The lowest BCUT2D eigenvalue weighted by Crippen LogP contribution is -1.97. The van der Waals surface area contributed by atoms with Gasteiger partial charge in [0.15, 0.2) is 0 Å². The minimum atomic E-state index is -0.269. The molecule has 0 aliphatic heterocycles. The van der Waals surface area contributed by atoms with Gasteiger partial charge < -0.3 is 5.73 Å². The number of aromatic nitrogens is 2. The van der Waals surface area contributed by atoms with E-state index in [2.05, 4.69) is 5.10 Å². The standard InChI is InChI=1S/C16H14FN3/c17-16-7-6-12(9-18)8-15(16)13-10-19-20(11-13)14-4-2-1-3-5-14/h1-8,10-11H,9,18H2. The van der Waals surface area contributed by atoms with Gasteiger partial charge in [-0.25, -0.2) is 9.07 Å². The zero-order valence-corrected chi connectivity index (χ0v) is 10.8. The van der Waals surface area contributed by atoms with Crippen molar-refractivity contribution in [1.29, 1.82) is 0 Å². The number of hydrogen-bond donors (Lipinski definition) is 1. The van der Waals surface area contributed by atoms with Gasteiger partial charge in [-0.1, -0.05) is 24.3 Å². The largest absolute Gasteiger partial charge is 0.326 e. The fourth-order valence-electron chi connectivity index (χ4n) is 2.10. The van der Waals surface area contributed by atoms with Crippen molar-refractivity contribution in [2.45, 2.75) is 6.54 Å². The third-order valence-electron chi connectivity index (χ3n) is 3.18. The first kappa shape index (κ1) is 12.6. The van der Waals surface area contributed by atoms with Crippen LogP contribution in [0.15, 0.2) is 60.9 Å². The van der Waals surface area contributed by atoms with Crippen LogP contribution >= 0.6 is 0 Å². The summed E-state index contributed by atoms with van der Waals surface area (Å²) in [6.07, 6.45) is 3.47. The Labute approximate surface area is 116 Å². The molecule has 0 aliphatic carbocycles. The molecule has 0 saturated carbocycles. The van der Waals surface area contributed by atoms with Crippen LogP contribution in [-0.4, -0.2) is 9.78 Å². The lowest BCUT2D eigenvalue weighted by Gasteiger charge is -2.03. The third kappa shape index (κ3) is 2.33. The van der Waals surface area contributed by atoms with Crippen molar-refractivity contribution in [3.63, 3.8) is 0 Å². The predicted molar refractivity (Wildman–Crippen MR) is 76.8 cm³/mol. The van der Waals surface area contributed by atoms with Gasteiger partial charge in [0.2, 0.25) is 0 Å². The molecule has 0 saturated heterocycles. The number of rotatable bonds is 3. The molecule has 4 heteroatoms. The monoisotopic (exact) mass is 267 g/mol. The molecule has 3 rings (SSSR count). The summed E-state index contributed by atoms with van der Waals surface area (Å²) < 4.78 is 15.7. The normalized spacial score (nSPS) is 10.7. The van der Waals surface area contributed by atoms with E-state index in [0.29, 0.717) is 12.1 Å². The highest BCUT2D eigenvalue weighted by Crippen LogP contribution is 2.24. The maximum Gasteiger partial charge on any atom is 0.131 e. The number of halogens is 1. The summed E-state index contributed by atoms with van der Waals surface area (Å²) in [4.78, 5) is 0. The summed E-state index contributed by atoms with van der Waals surface area (Å²) in [5, 5.41) is 4.28. The van der Waals surface area contributed by atoms with Crippen LogP contribution in [-0.2, 0) is 6.54 Å². The van der Waals surface area contributed by atoms with Crippen molar-refractivity contribution < 1.29 is 4.39 Å². The minimum Gasteiger partial charge on any atom is -0.326 e. The van der Waals surface area contributed by atoms with Crippen LogP contribution in [0.1, 0.15) is 5.56 Å². The van der Waals surface area contributed by atoms with Crippen molar-refractivity contribution in [3.8, 4) is 16.8 Å². The Morgan fingerprint density at radius 3 is 2.65 bits per heavy atom. The van der Waals surface area contributed by atoms with E-state index in [0.717, 1.165) is 16.8 Å². The number of nitrogens with two attached hydrogens (primary N) is 1. The summed E-state index contributed by atoms with van der Waals surface area (Å²) in [5.74, 6) is -0.269. The van der Waals surface area contributed by atoms with Gasteiger partial charge in [-0.05, 0) is 29.8 Å². The van der Waals surface area contributed by atoms with E-state index >= 15 is 0 Å². The van der Waals surface area contributed by atoms with Crippen molar-refractivity contribution in [2.75, 3.05) is 0 Å². The Balaban J connectivity index is 2.02. The molecular formula is C16H14FN3. The molecule has 0 amide bonds. The molecule has 2 aromatic carbocycles. The minimum absolute atomic E-state index is 0.269. The summed E-state index contributed by atoms with van der Waals surface area (Å²) in [5.41, 5.74) is 8.70. The van der Waals surface area contributed by atoms with Crippen LogP contribution in [0, 0.1) is 5.82 Å². The fraction of sp³-hybridized carbons (Fsp3) is 0.0625. The van der Waals surface area contributed by atoms with Crippen LogP contribution in [0.3, 0.4) is 0 Å². The zero-order valence-electron chi connectivity index (χ0n) is 10.8. The highest BCUT2D eigenvalue weighted by atomic mass is 19.1. The lowest BCUT2D eigenvalue weighted by atomic mass is 10.1. The van der Waals surface area contributed by atoms with E-state index in [1.807, 2.05) is 36.5 Å². The van der Waals surface area contributed by atoms with E-state index in [1.54, 1.807) is 23.0 Å². The maximum atomic E-state index is 13.9. The second-order valence-electron chi connectivity index (χ2n) is 4.53. The molecule has 0 radical (unpaired) electrons. The summed E-state index contributed by atoms with van der Waals surface area (Å²) in [6, 6.07) is 14.6. The number of benzene rings is 2. The number of nitrogens with zero attached hydrogens (tertiary/aromatic N) is 2. The van der Waals surface area contributed by atoms with E-state index in [4.69, 9.17) is 5.73 Å². The molecule has 2 N–H and O–H groups in total. The molecule has 0 fully saturated rings. The second-order valence-corrected chi connectivity index (χ2v) is 4.53. The highest BCUT2D eigenvalue weighted by molar-refractivity contribution is 5.64. The van der Waals surface area contributed by atoms with Gasteiger partial charge in [-0.3, -0.25) is 0 Å². The van der Waals surface area contributed by atoms with Gasteiger partial charge in [-0.15, -0.1) is 0 Å². The smallest absolute Gasteiger partial charge is 0.131 e. The molecule has 0 aliphatic rings. The summed E-state index contributed by atoms with van der Waals surface area (Å²) in [7, 11) is 0. The maximum absolute atomic E-state index is 13.9. The van der Waals surface area contributed by atoms with Crippen molar-refractivity contribution in [3.05, 3.63) is 72.3 Å². The number of para-hydroxylation sites is 1. The van der Waals surface area contributed by atoms with Gasteiger partial charge in [0.1, 0.15) is 5.82 Å². The summed E-state index contributed by atoms with van der Waals surface area (Å²) in [6.45, 7) is 0.389. The Kier molecular flexibility index (Phi) is 3.31.